The van der Waals surface area contributed by atoms with Gasteiger partial charge in [0.15, 0.2) is 11.1 Å². The van der Waals surface area contributed by atoms with Crippen molar-refractivity contribution in [3.05, 3.63) is 0 Å². The second-order valence-electron chi connectivity index (χ2n) is 3.24. The largest absolute Gasteiger partial charge is 0.271 e. The molecular formula is C8H12O2S. The van der Waals surface area contributed by atoms with E-state index >= 15 is 0 Å². The standard InChI is InChI=1S/C8H12O2S/c1-4-8(3)5-7(2)6-11(9)10-8/h1,7H,5-6H2,2-3H3. The maximum atomic E-state index is 11.0. The van der Waals surface area contributed by atoms with Gasteiger partial charge in [0.25, 0.3) is 0 Å². The molecule has 1 rings (SSSR count). The minimum absolute atomic E-state index is 0.394. The highest BCUT2D eigenvalue weighted by molar-refractivity contribution is 7.80. The van der Waals surface area contributed by atoms with Crippen LogP contribution in [-0.2, 0) is 15.3 Å². The zero-order valence-electron chi connectivity index (χ0n) is 6.79. The highest BCUT2D eigenvalue weighted by atomic mass is 32.2. The van der Waals surface area contributed by atoms with Gasteiger partial charge < -0.3 is 0 Å². The normalized spacial score (nSPS) is 44.8. The van der Waals surface area contributed by atoms with Crippen molar-refractivity contribution in [1.82, 2.24) is 0 Å². The average molecular weight is 172 g/mol. The molecule has 1 saturated heterocycles. The summed E-state index contributed by atoms with van der Waals surface area (Å²) in [6.07, 6.45) is 6.05. The van der Waals surface area contributed by atoms with Gasteiger partial charge in [-0.1, -0.05) is 12.8 Å². The van der Waals surface area contributed by atoms with Crippen LogP contribution in [0, 0.1) is 18.3 Å². The Balaban J connectivity index is 2.72. The van der Waals surface area contributed by atoms with Gasteiger partial charge in [-0.2, -0.15) is 0 Å². The van der Waals surface area contributed by atoms with E-state index < -0.39 is 16.7 Å². The third-order valence-electron chi connectivity index (χ3n) is 1.74. The highest BCUT2D eigenvalue weighted by Crippen LogP contribution is 2.27. The van der Waals surface area contributed by atoms with Crippen LogP contribution in [0.5, 0.6) is 0 Å². The van der Waals surface area contributed by atoms with Gasteiger partial charge in [-0.05, 0) is 19.3 Å². The van der Waals surface area contributed by atoms with Crippen molar-refractivity contribution in [1.29, 1.82) is 0 Å². The molecule has 1 heterocycles. The van der Waals surface area contributed by atoms with E-state index in [1.165, 1.54) is 0 Å². The van der Waals surface area contributed by atoms with Gasteiger partial charge in [-0.15, -0.1) is 6.42 Å². The summed E-state index contributed by atoms with van der Waals surface area (Å²) in [5.74, 6) is 3.53. The smallest absolute Gasteiger partial charge is 0.157 e. The molecule has 62 valence electrons. The minimum Gasteiger partial charge on any atom is -0.271 e. The second-order valence-corrected chi connectivity index (χ2v) is 4.35. The van der Waals surface area contributed by atoms with Crippen molar-refractivity contribution >= 4 is 11.1 Å². The van der Waals surface area contributed by atoms with Crippen LogP contribution in [0.2, 0.25) is 0 Å². The molecule has 0 saturated carbocycles. The number of terminal acetylenes is 1. The van der Waals surface area contributed by atoms with Crippen molar-refractivity contribution in [3.63, 3.8) is 0 Å². The summed E-state index contributed by atoms with van der Waals surface area (Å²) in [5, 5.41) is 0. The predicted octanol–water partition coefficient (Wildman–Crippen LogP) is 1.10. The lowest BCUT2D eigenvalue weighted by atomic mass is 9.95. The molecule has 0 aromatic rings. The van der Waals surface area contributed by atoms with E-state index in [0.29, 0.717) is 11.7 Å². The van der Waals surface area contributed by atoms with Crippen molar-refractivity contribution in [3.8, 4) is 12.3 Å². The molecule has 0 radical (unpaired) electrons. The first-order chi connectivity index (χ1) is 5.06. The lowest BCUT2D eigenvalue weighted by molar-refractivity contribution is 0.127. The van der Waals surface area contributed by atoms with Gasteiger partial charge in [0.1, 0.15) is 5.60 Å². The maximum Gasteiger partial charge on any atom is 0.157 e. The third kappa shape index (κ3) is 2.05. The molecule has 11 heavy (non-hydrogen) atoms. The molecule has 0 bridgehead atoms. The molecule has 3 unspecified atom stereocenters. The van der Waals surface area contributed by atoms with Crippen molar-refractivity contribution in [2.24, 2.45) is 5.92 Å². The summed E-state index contributed by atoms with van der Waals surface area (Å²) < 4.78 is 16.2. The topological polar surface area (TPSA) is 26.3 Å². The molecule has 3 atom stereocenters. The Morgan fingerprint density at radius 1 is 1.82 bits per heavy atom. The van der Waals surface area contributed by atoms with E-state index in [9.17, 15) is 4.21 Å². The van der Waals surface area contributed by atoms with Gasteiger partial charge in [0.2, 0.25) is 0 Å². The monoisotopic (exact) mass is 172 g/mol. The lowest BCUT2D eigenvalue weighted by Gasteiger charge is -2.31. The van der Waals surface area contributed by atoms with Gasteiger partial charge >= 0.3 is 0 Å². The molecule has 2 nitrogen and oxygen atoms in total. The quantitative estimate of drug-likeness (QED) is 0.511. The van der Waals surface area contributed by atoms with E-state index in [1.54, 1.807) is 6.92 Å². The lowest BCUT2D eigenvalue weighted by Crippen LogP contribution is -2.37. The SMILES string of the molecule is C#CC1(C)CC(C)CS(=O)O1. The Kier molecular flexibility index (Phi) is 2.36. The molecule has 0 aromatic carbocycles. The van der Waals surface area contributed by atoms with Crippen LogP contribution in [0.15, 0.2) is 0 Å². The first kappa shape index (κ1) is 8.76. The summed E-state index contributed by atoms with van der Waals surface area (Å²) in [4.78, 5) is 0. The zero-order chi connectivity index (χ0) is 8.48. The van der Waals surface area contributed by atoms with E-state index in [-0.39, 0.29) is 0 Å². The molecule has 0 N–H and O–H groups in total. The molecule has 1 aliphatic rings. The Morgan fingerprint density at radius 3 is 2.91 bits per heavy atom. The fourth-order valence-corrected chi connectivity index (χ4v) is 2.49. The van der Waals surface area contributed by atoms with Crippen LogP contribution in [0.1, 0.15) is 20.3 Å². The van der Waals surface area contributed by atoms with Gasteiger partial charge in [-0.3, -0.25) is 4.18 Å². The minimum atomic E-state index is -1.18. The Hall–Kier alpha value is -0.330. The molecule has 0 aliphatic carbocycles. The number of hydrogen-bond acceptors (Lipinski definition) is 2. The van der Waals surface area contributed by atoms with Crippen LogP contribution in [0.4, 0.5) is 0 Å². The first-order valence-corrected chi connectivity index (χ1v) is 4.86. The fourth-order valence-electron chi connectivity index (χ4n) is 1.31. The van der Waals surface area contributed by atoms with E-state index in [0.717, 1.165) is 6.42 Å². The van der Waals surface area contributed by atoms with Gasteiger partial charge in [0.05, 0.1) is 5.75 Å². The molecule has 0 spiro atoms. The highest BCUT2D eigenvalue weighted by Gasteiger charge is 2.33. The average Bonchev–Trinajstić information content (AvgIpc) is 1.84. The summed E-state index contributed by atoms with van der Waals surface area (Å²) in [6.45, 7) is 3.84. The van der Waals surface area contributed by atoms with Crippen molar-refractivity contribution in [2.45, 2.75) is 25.9 Å². The number of rotatable bonds is 0. The van der Waals surface area contributed by atoms with Crippen LogP contribution in [0.3, 0.4) is 0 Å². The Bertz CT molecular complexity index is 219. The van der Waals surface area contributed by atoms with Crippen molar-refractivity contribution < 1.29 is 8.39 Å². The molecule has 1 aliphatic heterocycles. The summed E-state index contributed by atoms with van der Waals surface area (Å²) >= 11 is -1.18. The fraction of sp³-hybridized carbons (Fsp3) is 0.750. The van der Waals surface area contributed by atoms with Crippen LogP contribution < -0.4 is 0 Å². The Morgan fingerprint density at radius 2 is 2.45 bits per heavy atom. The van der Waals surface area contributed by atoms with E-state index in [1.807, 2.05) is 6.92 Å². The first-order valence-electron chi connectivity index (χ1n) is 3.61. The zero-order valence-corrected chi connectivity index (χ0v) is 7.61. The molecule has 1 fully saturated rings. The van der Waals surface area contributed by atoms with Gasteiger partial charge in [-0.25, -0.2) is 4.21 Å². The summed E-state index contributed by atoms with van der Waals surface area (Å²) in [7, 11) is 0. The molecular weight excluding hydrogens is 160 g/mol. The second kappa shape index (κ2) is 2.96. The molecule has 0 aromatic heterocycles. The van der Waals surface area contributed by atoms with E-state index in [2.05, 4.69) is 5.92 Å². The third-order valence-corrected chi connectivity index (χ3v) is 3.14. The van der Waals surface area contributed by atoms with Crippen LogP contribution in [0.25, 0.3) is 0 Å². The van der Waals surface area contributed by atoms with Gasteiger partial charge in [0, 0.05) is 0 Å². The molecule has 3 heteroatoms. The number of hydrogen-bond donors (Lipinski definition) is 0. The van der Waals surface area contributed by atoms with Crippen molar-refractivity contribution in [2.75, 3.05) is 5.75 Å². The van der Waals surface area contributed by atoms with E-state index in [4.69, 9.17) is 10.6 Å². The Labute approximate surface area is 70.0 Å². The maximum absolute atomic E-state index is 11.0. The summed E-state index contributed by atoms with van der Waals surface area (Å²) in [6, 6.07) is 0. The van der Waals surface area contributed by atoms with Crippen LogP contribution in [-0.4, -0.2) is 15.6 Å². The predicted molar refractivity (Wildman–Crippen MR) is 45.1 cm³/mol. The van der Waals surface area contributed by atoms with Crippen LogP contribution >= 0.6 is 0 Å². The molecule has 0 amide bonds. The summed E-state index contributed by atoms with van der Waals surface area (Å²) in [5.41, 5.74) is -0.609.